The molecule has 2 amide bonds. The van der Waals surface area contributed by atoms with E-state index >= 15 is 0 Å². The second kappa shape index (κ2) is 10.00. The van der Waals surface area contributed by atoms with Crippen molar-refractivity contribution in [1.82, 2.24) is 15.4 Å². The van der Waals surface area contributed by atoms with Crippen LogP contribution < -0.4 is 15.4 Å². The number of urea groups is 1. The highest BCUT2D eigenvalue weighted by atomic mass is 32.2. The molecule has 4 N–H and O–H groups in total. The lowest BCUT2D eigenvalue weighted by atomic mass is 10.2. The van der Waals surface area contributed by atoms with Crippen LogP contribution >= 0.6 is 0 Å². The number of sulfonamides is 1. The summed E-state index contributed by atoms with van der Waals surface area (Å²) < 4.78 is 26.7. The van der Waals surface area contributed by atoms with Gasteiger partial charge < -0.3 is 15.7 Å². The SMILES string of the molecule is CC(C)CNS(=O)(=O)c1ccc(CNC(=O)NCCCC(=O)O)cc1. The molecule has 0 fully saturated rings. The van der Waals surface area contributed by atoms with E-state index in [0.29, 0.717) is 13.0 Å². The maximum Gasteiger partial charge on any atom is 0.315 e. The number of rotatable bonds is 10. The Labute approximate surface area is 148 Å². The topological polar surface area (TPSA) is 125 Å². The van der Waals surface area contributed by atoms with Crippen molar-refractivity contribution in [3.05, 3.63) is 29.8 Å². The molecule has 0 aromatic heterocycles. The molecule has 0 aliphatic rings. The van der Waals surface area contributed by atoms with Crippen molar-refractivity contribution in [2.24, 2.45) is 5.92 Å². The van der Waals surface area contributed by atoms with Gasteiger partial charge in [-0.15, -0.1) is 0 Å². The number of carbonyl (C=O) groups excluding carboxylic acids is 1. The number of carboxylic acids is 1. The van der Waals surface area contributed by atoms with Crippen LogP contribution in [0.1, 0.15) is 32.3 Å². The largest absolute Gasteiger partial charge is 0.481 e. The molecule has 0 aliphatic heterocycles. The van der Waals surface area contributed by atoms with E-state index in [-0.39, 0.29) is 30.3 Å². The average Bonchev–Trinajstić information content (AvgIpc) is 2.55. The normalized spacial score (nSPS) is 11.3. The number of aliphatic carboxylic acids is 1. The lowest BCUT2D eigenvalue weighted by Gasteiger charge is -2.10. The van der Waals surface area contributed by atoms with Gasteiger partial charge in [-0.05, 0) is 30.0 Å². The van der Waals surface area contributed by atoms with Gasteiger partial charge in [-0.3, -0.25) is 4.79 Å². The van der Waals surface area contributed by atoms with E-state index in [4.69, 9.17) is 5.11 Å². The third-order valence-corrected chi connectivity index (χ3v) is 4.66. The smallest absolute Gasteiger partial charge is 0.315 e. The van der Waals surface area contributed by atoms with Gasteiger partial charge in [-0.2, -0.15) is 0 Å². The zero-order valence-electron chi connectivity index (χ0n) is 14.4. The van der Waals surface area contributed by atoms with Crippen LogP contribution in [0.25, 0.3) is 0 Å². The molecule has 0 atom stereocenters. The molecular weight excluding hydrogens is 346 g/mol. The van der Waals surface area contributed by atoms with Gasteiger partial charge in [0.15, 0.2) is 0 Å². The van der Waals surface area contributed by atoms with Crippen LogP contribution in [0, 0.1) is 5.92 Å². The molecule has 1 rings (SSSR count). The molecule has 0 radical (unpaired) electrons. The van der Waals surface area contributed by atoms with E-state index in [1.165, 1.54) is 12.1 Å². The first kappa shape index (κ1) is 20.9. The second-order valence-corrected chi connectivity index (χ2v) is 7.76. The Bertz CT molecular complexity index is 672. The number of amides is 2. The van der Waals surface area contributed by atoms with Crippen LogP contribution in [0.4, 0.5) is 4.79 Å². The summed E-state index contributed by atoms with van der Waals surface area (Å²) in [4.78, 5) is 22.1. The summed E-state index contributed by atoms with van der Waals surface area (Å²) in [5.74, 6) is -0.688. The van der Waals surface area contributed by atoms with Gasteiger partial charge in [0.2, 0.25) is 10.0 Å². The lowest BCUT2D eigenvalue weighted by molar-refractivity contribution is -0.137. The van der Waals surface area contributed by atoms with Crippen LogP contribution in [0.2, 0.25) is 0 Å². The van der Waals surface area contributed by atoms with Crippen molar-refractivity contribution in [3.8, 4) is 0 Å². The van der Waals surface area contributed by atoms with Crippen molar-refractivity contribution in [2.45, 2.75) is 38.1 Å². The molecule has 0 spiro atoms. The molecule has 0 heterocycles. The highest BCUT2D eigenvalue weighted by Gasteiger charge is 2.13. The fraction of sp³-hybridized carbons (Fsp3) is 0.500. The summed E-state index contributed by atoms with van der Waals surface area (Å²) in [6.07, 6.45) is 0.361. The highest BCUT2D eigenvalue weighted by Crippen LogP contribution is 2.10. The fourth-order valence-corrected chi connectivity index (χ4v) is 3.05. The minimum atomic E-state index is -3.52. The first-order valence-corrected chi connectivity index (χ1v) is 9.51. The zero-order valence-corrected chi connectivity index (χ0v) is 15.2. The number of nitrogens with one attached hydrogen (secondary N) is 3. The Hall–Kier alpha value is -2.13. The van der Waals surface area contributed by atoms with Gasteiger partial charge in [0.05, 0.1) is 4.90 Å². The third kappa shape index (κ3) is 8.50. The molecule has 0 bridgehead atoms. The fourth-order valence-electron chi connectivity index (χ4n) is 1.83. The maximum atomic E-state index is 12.1. The first-order chi connectivity index (χ1) is 11.7. The molecule has 25 heavy (non-hydrogen) atoms. The molecule has 0 saturated carbocycles. The van der Waals surface area contributed by atoms with E-state index in [9.17, 15) is 18.0 Å². The summed E-state index contributed by atoms with van der Waals surface area (Å²) in [5.41, 5.74) is 0.753. The van der Waals surface area contributed by atoms with Crippen molar-refractivity contribution in [2.75, 3.05) is 13.1 Å². The zero-order chi connectivity index (χ0) is 18.9. The van der Waals surface area contributed by atoms with Crippen LogP contribution in [0.15, 0.2) is 29.2 Å². The average molecular weight is 371 g/mol. The van der Waals surface area contributed by atoms with E-state index in [0.717, 1.165) is 5.56 Å². The molecular formula is C16H25N3O5S. The summed E-state index contributed by atoms with van der Waals surface area (Å²) in [7, 11) is -3.52. The minimum absolute atomic E-state index is 0.00105. The summed E-state index contributed by atoms with van der Waals surface area (Å²) in [6.45, 7) is 4.73. The second-order valence-electron chi connectivity index (χ2n) is 6.00. The van der Waals surface area contributed by atoms with E-state index < -0.39 is 22.0 Å². The van der Waals surface area contributed by atoms with Crippen molar-refractivity contribution >= 4 is 22.0 Å². The number of benzene rings is 1. The van der Waals surface area contributed by atoms with Crippen LogP contribution in [-0.4, -0.2) is 38.6 Å². The van der Waals surface area contributed by atoms with E-state index in [1.807, 2.05) is 13.8 Å². The first-order valence-electron chi connectivity index (χ1n) is 8.03. The molecule has 1 aromatic carbocycles. The molecule has 0 saturated heterocycles. The molecule has 0 aliphatic carbocycles. The Morgan fingerprint density at radius 1 is 1.12 bits per heavy atom. The summed E-state index contributed by atoms with van der Waals surface area (Å²) in [5, 5.41) is 13.7. The molecule has 140 valence electrons. The van der Waals surface area contributed by atoms with E-state index in [1.54, 1.807) is 12.1 Å². The standard InChI is InChI=1S/C16H25N3O5S/c1-12(2)10-19-25(23,24)14-7-5-13(6-8-14)11-18-16(22)17-9-3-4-15(20)21/h5-8,12,19H,3-4,9-11H2,1-2H3,(H,20,21)(H2,17,18,22). The Morgan fingerprint density at radius 3 is 2.32 bits per heavy atom. The van der Waals surface area contributed by atoms with Crippen molar-refractivity contribution in [3.63, 3.8) is 0 Å². The van der Waals surface area contributed by atoms with Crippen molar-refractivity contribution in [1.29, 1.82) is 0 Å². The summed E-state index contributed by atoms with van der Waals surface area (Å²) in [6, 6.07) is 5.85. The monoisotopic (exact) mass is 371 g/mol. The molecule has 9 heteroatoms. The predicted octanol–water partition coefficient (Wildman–Crippen LogP) is 1.28. The van der Waals surface area contributed by atoms with Crippen LogP contribution in [0.3, 0.4) is 0 Å². The minimum Gasteiger partial charge on any atom is -0.481 e. The summed E-state index contributed by atoms with van der Waals surface area (Å²) >= 11 is 0. The highest BCUT2D eigenvalue weighted by molar-refractivity contribution is 7.89. The van der Waals surface area contributed by atoms with Gasteiger partial charge >= 0.3 is 12.0 Å². The van der Waals surface area contributed by atoms with Crippen LogP contribution in [-0.2, 0) is 21.4 Å². The molecule has 0 unspecified atom stereocenters. The van der Waals surface area contributed by atoms with Gasteiger partial charge in [-0.25, -0.2) is 17.9 Å². The van der Waals surface area contributed by atoms with Gasteiger partial charge in [0.25, 0.3) is 0 Å². The van der Waals surface area contributed by atoms with Gasteiger partial charge in [0.1, 0.15) is 0 Å². The van der Waals surface area contributed by atoms with E-state index in [2.05, 4.69) is 15.4 Å². The number of carboxylic acid groups (broad SMARTS) is 1. The molecule has 8 nitrogen and oxygen atoms in total. The van der Waals surface area contributed by atoms with Crippen molar-refractivity contribution < 1.29 is 23.1 Å². The number of hydrogen-bond donors (Lipinski definition) is 4. The lowest BCUT2D eigenvalue weighted by Crippen LogP contribution is -2.35. The third-order valence-electron chi connectivity index (χ3n) is 3.22. The van der Waals surface area contributed by atoms with Gasteiger partial charge in [0, 0.05) is 26.1 Å². The quantitative estimate of drug-likeness (QED) is 0.461. The predicted molar refractivity (Wildman–Crippen MR) is 93.6 cm³/mol. The molecule has 1 aromatic rings. The Kier molecular flexibility index (Phi) is 8.36. The maximum absolute atomic E-state index is 12.1. The Balaban J connectivity index is 2.44. The number of carbonyl (C=O) groups is 2. The van der Waals surface area contributed by atoms with Crippen LogP contribution in [0.5, 0.6) is 0 Å². The Morgan fingerprint density at radius 2 is 1.76 bits per heavy atom. The number of hydrogen-bond acceptors (Lipinski definition) is 4. The van der Waals surface area contributed by atoms with Gasteiger partial charge in [-0.1, -0.05) is 26.0 Å².